The highest BCUT2D eigenvalue weighted by Gasteiger charge is 2.15. The third kappa shape index (κ3) is 3.92. The summed E-state index contributed by atoms with van der Waals surface area (Å²) in [5.74, 6) is 0.639. The molecule has 0 saturated carbocycles. The van der Waals surface area contributed by atoms with Crippen molar-refractivity contribution in [2.75, 3.05) is 0 Å². The first kappa shape index (κ1) is 19.7. The van der Waals surface area contributed by atoms with Crippen molar-refractivity contribution in [3.8, 4) is 16.3 Å². The summed E-state index contributed by atoms with van der Waals surface area (Å²) in [6.45, 7) is 2.01. The summed E-state index contributed by atoms with van der Waals surface area (Å²) in [6, 6.07) is 25.6. The lowest BCUT2D eigenvalue weighted by Gasteiger charge is -2.14. The van der Waals surface area contributed by atoms with Crippen molar-refractivity contribution >= 4 is 34.0 Å². The van der Waals surface area contributed by atoms with Crippen molar-refractivity contribution in [3.63, 3.8) is 0 Å². The molecule has 0 aliphatic heterocycles. The molecule has 5 rings (SSSR count). The van der Waals surface area contributed by atoms with Crippen LogP contribution in [0.1, 0.15) is 11.3 Å². The standard InChI is InChI=1S/C25H19N3OS2/c1-17-9-5-8-14-22(17)28-24(29)20-12-6-7-13-21(20)27-25(28)31-16-19-15-30-23(26-19)18-10-3-2-4-11-18/h2-15H,16H2,1H3. The second-order valence-electron chi connectivity index (χ2n) is 7.14. The van der Waals surface area contributed by atoms with Gasteiger partial charge in [0, 0.05) is 16.7 Å². The van der Waals surface area contributed by atoms with Gasteiger partial charge in [-0.2, -0.15) is 0 Å². The number of para-hydroxylation sites is 2. The van der Waals surface area contributed by atoms with Gasteiger partial charge in [-0.15, -0.1) is 11.3 Å². The lowest BCUT2D eigenvalue weighted by atomic mass is 10.2. The minimum absolute atomic E-state index is 0.0503. The number of hydrogen-bond donors (Lipinski definition) is 0. The van der Waals surface area contributed by atoms with Gasteiger partial charge >= 0.3 is 0 Å². The Balaban J connectivity index is 1.54. The Bertz CT molecular complexity index is 1420. The van der Waals surface area contributed by atoms with Crippen molar-refractivity contribution in [1.82, 2.24) is 14.5 Å². The molecule has 0 aliphatic rings. The fraction of sp³-hybridized carbons (Fsp3) is 0.0800. The third-order valence-electron chi connectivity index (χ3n) is 5.02. The molecule has 0 saturated heterocycles. The van der Waals surface area contributed by atoms with Crippen molar-refractivity contribution in [2.24, 2.45) is 0 Å². The largest absolute Gasteiger partial charge is 0.268 e. The molecular weight excluding hydrogens is 422 g/mol. The molecule has 0 spiro atoms. The highest BCUT2D eigenvalue weighted by molar-refractivity contribution is 7.98. The molecule has 4 nitrogen and oxygen atoms in total. The summed E-state index contributed by atoms with van der Waals surface area (Å²) in [5.41, 5.74) is 4.64. The van der Waals surface area contributed by atoms with Crippen molar-refractivity contribution in [3.05, 3.63) is 106 Å². The average Bonchev–Trinajstić information content (AvgIpc) is 3.28. The van der Waals surface area contributed by atoms with E-state index >= 15 is 0 Å². The van der Waals surface area contributed by atoms with E-state index in [0.29, 0.717) is 21.8 Å². The summed E-state index contributed by atoms with van der Waals surface area (Å²) < 4.78 is 1.73. The van der Waals surface area contributed by atoms with Gasteiger partial charge in [0.05, 0.1) is 22.3 Å². The Morgan fingerprint density at radius 1 is 0.903 bits per heavy atom. The van der Waals surface area contributed by atoms with Crippen LogP contribution in [0.4, 0.5) is 0 Å². The Morgan fingerprint density at radius 2 is 1.65 bits per heavy atom. The first-order chi connectivity index (χ1) is 15.2. The molecule has 0 amide bonds. The van der Waals surface area contributed by atoms with Crippen LogP contribution in [-0.4, -0.2) is 14.5 Å². The first-order valence-corrected chi connectivity index (χ1v) is 11.8. The SMILES string of the molecule is Cc1ccccc1-n1c(SCc2csc(-c3ccccc3)n2)nc2ccccc2c1=O. The predicted molar refractivity (Wildman–Crippen MR) is 129 cm³/mol. The van der Waals surface area contributed by atoms with Gasteiger partial charge in [0.1, 0.15) is 5.01 Å². The van der Waals surface area contributed by atoms with E-state index in [1.54, 1.807) is 15.9 Å². The summed E-state index contributed by atoms with van der Waals surface area (Å²) in [4.78, 5) is 23.0. The number of aryl methyl sites for hydroxylation is 1. The second-order valence-corrected chi connectivity index (χ2v) is 8.94. The maximum atomic E-state index is 13.4. The average molecular weight is 442 g/mol. The zero-order chi connectivity index (χ0) is 21.2. The molecule has 5 aromatic rings. The van der Waals surface area contributed by atoms with E-state index in [2.05, 4.69) is 17.5 Å². The number of thioether (sulfide) groups is 1. The van der Waals surface area contributed by atoms with E-state index in [1.165, 1.54) is 11.8 Å². The first-order valence-electron chi connectivity index (χ1n) is 9.91. The van der Waals surface area contributed by atoms with Crippen molar-refractivity contribution < 1.29 is 0 Å². The maximum absolute atomic E-state index is 13.4. The molecule has 6 heteroatoms. The van der Waals surface area contributed by atoms with E-state index < -0.39 is 0 Å². The number of hydrogen-bond acceptors (Lipinski definition) is 5. The van der Waals surface area contributed by atoms with Gasteiger partial charge in [-0.1, -0.05) is 72.4 Å². The highest BCUT2D eigenvalue weighted by Crippen LogP contribution is 2.29. The monoisotopic (exact) mass is 441 g/mol. The summed E-state index contributed by atoms with van der Waals surface area (Å²) in [5, 5.41) is 4.37. The summed E-state index contributed by atoms with van der Waals surface area (Å²) in [7, 11) is 0. The van der Waals surface area contributed by atoms with Crippen LogP contribution in [0, 0.1) is 6.92 Å². The van der Waals surface area contributed by atoms with Gasteiger partial charge < -0.3 is 0 Å². The number of fused-ring (bicyclic) bond motifs is 1. The molecule has 0 atom stereocenters. The number of aromatic nitrogens is 3. The van der Waals surface area contributed by atoms with Crippen LogP contribution in [0.5, 0.6) is 0 Å². The van der Waals surface area contributed by atoms with Gasteiger partial charge in [0.15, 0.2) is 5.16 Å². The van der Waals surface area contributed by atoms with E-state index in [-0.39, 0.29) is 5.56 Å². The van der Waals surface area contributed by atoms with E-state index in [1.807, 2.05) is 73.7 Å². The second kappa shape index (κ2) is 8.49. The number of thiazole rings is 1. The van der Waals surface area contributed by atoms with Gasteiger partial charge in [-0.3, -0.25) is 9.36 Å². The molecule has 2 heterocycles. The molecule has 0 aliphatic carbocycles. The predicted octanol–water partition coefficient (Wildman–Crippen LogP) is 6.11. The molecule has 152 valence electrons. The Hall–Kier alpha value is -3.22. The molecule has 0 bridgehead atoms. The normalized spacial score (nSPS) is 11.1. The Kier molecular flexibility index (Phi) is 5.40. The number of rotatable bonds is 5. The van der Waals surface area contributed by atoms with E-state index in [9.17, 15) is 4.79 Å². The zero-order valence-corrected chi connectivity index (χ0v) is 18.5. The van der Waals surface area contributed by atoms with Crippen LogP contribution in [0.15, 0.2) is 94.2 Å². The number of benzene rings is 3. The van der Waals surface area contributed by atoms with Gasteiger partial charge in [-0.05, 0) is 30.7 Å². The molecule has 0 fully saturated rings. The van der Waals surface area contributed by atoms with Gasteiger partial charge in [0.2, 0.25) is 0 Å². The van der Waals surface area contributed by atoms with Crippen LogP contribution >= 0.6 is 23.1 Å². The highest BCUT2D eigenvalue weighted by atomic mass is 32.2. The lowest BCUT2D eigenvalue weighted by molar-refractivity contribution is 0.814. The Labute approximate surface area is 188 Å². The third-order valence-corrected chi connectivity index (χ3v) is 6.94. The fourth-order valence-corrected chi connectivity index (χ4v) is 5.29. The zero-order valence-electron chi connectivity index (χ0n) is 16.9. The van der Waals surface area contributed by atoms with Crippen molar-refractivity contribution in [2.45, 2.75) is 17.8 Å². The molecule has 3 aromatic carbocycles. The van der Waals surface area contributed by atoms with Gasteiger partial charge in [0.25, 0.3) is 5.56 Å². The molecule has 0 radical (unpaired) electrons. The molecule has 31 heavy (non-hydrogen) atoms. The van der Waals surface area contributed by atoms with Crippen LogP contribution < -0.4 is 5.56 Å². The topological polar surface area (TPSA) is 47.8 Å². The van der Waals surface area contributed by atoms with Crippen molar-refractivity contribution in [1.29, 1.82) is 0 Å². The van der Waals surface area contributed by atoms with Gasteiger partial charge in [-0.25, -0.2) is 9.97 Å². The van der Waals surface area contributed by atoms with Crippen LogP contribution in [-0.2, 0) is 5.75 Å². The minimum Gasteiger partial charge on any atom is -0.268 e. The Morgan fingerprint density at radius 3 is 2.48 bits per heavy atom. The van der Waals surface area contributed by atoms with Crippen LogP contribution in [0.25, 0.3) is 27.2 Å². The lowest BCUT2D eigenvalue weighted by Crippen LogP contribution is -2.22. The fourth-order valence-electron chi connectivity index (χ4n) is 3.46. The van der Waals surface area contributed by atoms with Crippen LogP contribution in [0.3, 0.4) is 0 Å². The van der Waals surface area contributed by atoms with Crippen LogP contribution in [0.2, 0.25) is 0 Å². The quantitative estimate of drug-likeness (QED) is 0.244. The molecular formula is C25H19N3OS2. The van der Waals surface area contributed by atoms with E-state index in [4.69, 9.17) is 9.97 Å². The summed E-state index contributed by atoms with van der Waals surface area (Å²) >= 11 is 3.17. The smallest absolute Gasteiger partial charge is 0.266 e. The minimum atomic E-state index is -0.0503. The molecule has 0 N–H and O–H groups in total. The molecule has 0 unspecified atom stereocenters. The number of nitrogens with zero attached hydrogens (tertiary/aromatic N) is 3. The van der Waals surface area contributed by atoms with E-state index in [0.717, 1.165) is 27.5 Å². The maximum Gasteiger partial charge on any atom is 0.266 e. The summed E-state index contributed by atoms with van der Waals surface area (Å²) in [6.07, 6.45) is 0. The molecule has 2 aromatic heterocycles.